The van der Waals surface area contributed by atoms with Crippen LogP contribution in [0, 0.1) is 17.8 Å². The normalized spacial score (nSPS) is 24.1. The van der Waals surface area contributed by atoms with Crippen molar-refractivity contribution in [3.05, 3.63) is 71.0 Å². The minimum Gasteiger partial charge on any atom is -0.353 e. The minimum absolute atomic E-state index is 0.0370. The molecule has 2 heterocycles. The Kier molecular flexibility index (Phi) is 5.55. The number of benzene rings is 1. The lowest BCUT2D eigenvalue weighted by Gasteiger charge is -2.20. The maximum absolute atomic E-state index is 11.9. The predicted octanol–water partition coefficient (Wildman–Crippen LogP) is 3.63. The van der Waals surface area contributed by atoms with Gasteiger partial charge in [-0.25, -0.2) is 0 Å². The number of aromatic nitrogens is 1. The number of pyridine rings is 1. The van der Waals surface area contributed by atoms with Gasteiger partial charge in [-0.15, -0.1) is 0 Å². The molecule has 1 aliphatic heterocycles. The van der Waals surface area contributed by atoms with E-state index in [4.69, 9.17) is 11.6 Å². The Morgan fingerprint density at radius 1 is 1.22 bits per heavy atom. The molecule has 1 aliphatic carbocycles. The summed E-state index contributed by atoms with van der Waals surface area (Å²) in [4.78, 5) is 18.4. The minimum atomic E-state index is -0.0370. The first kappa shape index (κ1) is 18.2. The van der Waals surface area contributed by atoms with Gasteiger partial charge in [-0.3, -0.25) is 14.7 Å². The molecule has 0 unspecified atom stereocenters. The second-order valence-corrected chi connectivity index (χ2v) is 7.88. The van der Waals surface area contributed by atoms with Crippen LogP contribution in [0.5, 0.6) is 0 Å². The zero-order valence-electron chi connectivity index (χ0n) is 15.2. The molecule has 1 N–H and O–H groups in total. The van der Waals surface area contributed by atoms with Crippen LogP contribution < -0.4 is 5.32 Å². The molecule has 0 spiro atoms. The predicted molar refractivity (Wildman–Crippen MR) is 108 cm³/mol. The van der Waals surface area contributed by atoms with Crippen molar-refractivity contribution in [1.82, 2.24) is 15.2 Å². The zero-order valence-corrected chi connectivity index (χ0v) is 16.0. The number of nitrogens with zero attached hydrogens (tertiary/aromatic N) is 2. The van der Waals surface area contributed by atoms with Crippen LogP contribution in [0.25, 0.3) is 6.08 Å². The van der Waals surface area contributed by atoms with Gasteiger partial charge in [-0.05, 0) is 53.5 Å². The van der Waals surface area contributed by atoms with E-state index in [1.807, 2.05) is 30.3 Å². The first-order valence-corrected chi connectivity index (χ1v) is 9.90. The SMILES string of the molecule is O=C(/C=C/c1cccnc1)NCC[C@@H]1[C@H]2CN(Cc3ccccc3Cl)C[C@@H]12. The zero-order chi connectivity index (χ0) is 18.6. The van der Waals surface area contributed by atoms with E-state index in [1.165, 1.54) is 5.56 Å². The summed E-state index contributed by atoms with van der Waals surface area (Å²) in [6.07, 6.45) is 7.90. The Morgan fingerprint density at radius 2 is 2.04 bits per heavy atom. The van der Waals surface area contributed by atoms with Gasteiger partial charge in [0.25, 0.3) is 0 Å². The van der Waals surface area contributed by atoms with Crippen molar-refractivity contribution >= 4 is 23.6 Å². The van der Waals surface area contributed by atoms with E-state index in [9.17, 15) is 4.79 Å². The van der Waals surface area contributed by atoms with Gasteiger partial charge in [0.15, 0.2) is 0 Å². The average Bonchev–Trinajstić information content (AvgIpc) is 3.13. The standard InChI is InChI=1S/C22H24ClN3O/c23-21-6-2-1-5-17(21)13-26-14-19-18(20(19)15-26)9-11-25-22(27)8-7-16-4-3-10-24-12-16/h1-8,10,12,18-20H,9,11,13-15H2,(H,25,27)/b8-7+/t18-,19-,20+. The number of piperidine rings is 1. The summed E-state index contributed by atoms with van der Waals surface area (Å²) in [5.41, 5.74) is 2.15. The van der Waals surface area contributed by atoms with Gasteiger partial charge in [0.05, 0.1) is 0 Å². The van der Waals surface area contributed by atoms with Crippen LogP contribution in [0.4, 0.5) is 0 Å². The summed E-state index contributed by atoms with van der Waals surface area (Å²) in [7, 11) is 0. The van der Waals surface area contributed by atoms with Crippen LogP contribution in [0.3, 0.4) is 0 Å². The molecule has 2 aromatic rings. The van der Waals surface area contributed by atoms with Crippen LogP contribution in [-0.2, 0) is 11.3 Å². The summed E-state index contributed by atoms with van der Waals surface area (Å²) in [6, 6.07) is 11.9. The van der Waals surface area contributed by atoms with E-state index >= 15 is 0 Å². The fourth-order valence-electron chi connectivity index (χ4n) is 4.23. The highest BCUT2D eigenvalue weighted by Gasteiger charge is 2.54. The Labute approximate surface area is 165 Å². The maximum atomic E-state index is 11.9. The molecule has 1 aromatic heterocycles. The van der Waals surface area contributed by atoms with E-state index in [-0.39, 0.29) is 5.91 Å². The van der Waals surface area contributed by atoms with Crippen LogP contribution in [0.15, 0.2) is 54.9 Å². The van der Waals surface area contributed by atoms with E-state index in [0.717, 1.165) is 60.9 Å². The number of hydrogen-bond donors (Lipinski definition) is 1. The smallest absolute Gasteiger partial charge is 0.244 e. The summed E-state index contributed by atoms with van der Waals surface area (Å²) in [5, 5.41) is 3.85. The molecule has 5 heteroatoms. The lowest BCUT2D eigenvalue weighted by atomic mass is 10.1. The van der Waals surface area contributed by atoms with Gasteiger partial charge in [-0.2, -0.15) is 0 Å². The van der Waals surface area contributed by atoms with Crippen molar-refractivity contribution < 1.29 is 4.79 Å². The van der Waals surface area contributed by atoms with E-state index < -0.39 is 0 Å². The average molecular weight is 382 g/mol. The topological polar surface area (TPSA) is 45.2 Å². The van der Waals surface area contributed by atoms with Gasteiger partial charge in [0.1, 0.15) is 0 Å². The highest BCUT2D eigenvalue weighted by atomic mass is 35.5. The summed E-state index contributed by atoms with van der Waals surface area (Å²) in [6.45, 7) is 3.98. The molecule has 2 fully saturated rings. The fourth-order valence-corrected chi connectivity index (χ4v) is 4.42. The first-order chi connectivity index (χ1) is 13.2. The molecular formula is C22H24ClN3O. The van der Waals surface area contributed by atoms with Crippen molar-refractivity contribution in [3.8, 4) is 0 Å². The fraction of sp³-hybridized carbons (Fsp3) is 0.364. The summed E-state index contributed by atoms with van der Waals surface area (Å²) >= 11 is 6.27. The Hall–Kier alpha value is -2.17. The molecule has 140 valence electrons. The molecule has 27 heavy (non-hydrogen) atoms. The van der Waals surface area contributed by atoms with Crippen LogP contribution in [-0.4, -0.2) is 35.4 Å². The second-order valence-electron chi connectivity index (χ2n) is 7.48. The van der Waals surface area contributed by atoms with Crippen LogP contribution in [0.2, 0.25) is 5.02 Å². The number of amides is 1. The number of fused-ring (bicyclic) bond motifs is 1. The largest absolute Gasteiger partial charge is 0.353 e. The monoisotopic (exact) mass is 381 g/mol. The number of hydrogen-bond acceptors (Lipinski definition) is 3. The molecule has 1 amide bonds. The number of carbonyl (C=O) groups excluding carboxylic acids is 1. The lowest BCUT2D eigenvalue weighted by molar-refractivity contribution is -0.116. The lowest BCUT2D eigenvalue weighted by Crippen LogP contribution is -2.26. The van der Waals surface area contributed by atoms with Gasteiger partial charge in [0.2, 0.25) is 5.91 Å². The van der Waals surface area contributed by atoms with Gasteiger partial charge in [-0.1, -0.05) is 35.9 Å². The third-order valence-corrected chi connectivity index (χ3v) is 6.06. The number of likely N-dealkylation sites (tertiary alicyclic amines) is 1. The number of nitrogens with one attached hydrogen (secondary N) is 1. The molecule has 2 aliphatic rings. The second kappa shape index (κ2) is 8.24. The number of halogens is 1. The first-order valence-electron chi connectivity index (χ1n) is 9.52. The molecule has 3 atom stereocenters. The molecular weight excluding hydrogens is 358 g/mol. The van der Waals surface area contributed by atoms with E-state index in [0.29, 0.717) is 0 Å². The third-order valence-electron chi connectivity index (χ3n) is 5.69. The van der Waals surface area contributed by atoms with Gasteiger partial charge >= 0.3 is 0 Å². The van der Waals surface area contributed by atoms with Crippen molar-refractivity contribution in [2.24, 2.45) is 17.8 Å². The van der Waals surface area contributed by atoms with Crippen molar-refractivity contribution in [3.63, 3.8) is 0 Å². The van der Waals surface area contributed by atoms with Gasteiger partial charge < -0.3 is 5.32 Å². The maximum Gasteiger partial charge on any atom is 0.244 e. The Morgan fingerprint density at radius 3 is 2.78 bits per heavy atom. The van der Waals surface area contributed by atoms with E-state index in [2.05, 4.69) is 21.3 Å². The molecule has 4 rings (SSSR count). The third kappa shape index (κ3) is 4.57. The Balaban J connectivity index is 1.15. The molecule has 0 bridgehead atoms. The molecule has 1 saturated carbocycles. The van der Waals surface area contributed by atoms with Crippen LogP contribution >= 0.6 is 11.6 Å². The summed E-state index contributed by atoms with van der Waals surface area (Å²) in [5.74, 6) is 2.30. The highest BCUT2D eigenvalue weighted by Crippen LogP contribution is 2.53. The van der Waals surface area contributed by atoms with Crippen LogP contribution in [0.1, 0.15) is 17.5 Å². The van der Waals surface area contributed by atoms with Crippen molar-refractivity contribution in [2.45, 2.75) is 13.0 Å². The molecule has 1 saturated heterocycles. The molecule has 1 aromatic carbocycles. The Bertz CT molecular complexity index is 811. The van der Waals surface area contributed by atoms with Crippen molar-refractivity contribution in [2.75, 3.05) is 19.6 Å². The molecule has 0 radical (unpaired) electrons. The van der Waals surface area contributed by atoms with Gasteiger partial charge in [0, 0.05) is 49.7 Å². The van der Waals surface area contributed by atoms with E-state index in [1.54, 1.807) is 24.5 Å². The quantitative estimate of drug-likeness (QED) is 0.745. The molecule has 4 nitrogen and oxygen atoms in total. The van der Waals surface area contributed by atoms with Crippen molar-refractivity contribution in [1.29, 1.82) is 0 Å². The number of rotatable bonds is 7. The highest BCUT2D eigenvalue weighted by molar-refractivity contribution is 6.31. The summed E-state index contributed by atoms with van der Waals surface area (Å²) < 4.78 is 0. The number of carbonyl (C=O) groups is 1.